The number of oxime groups is 1. The Kier molecular flexibility index (Phi) is 4.71. The van der Waals surface area contributed by atoms with Crippen LogP contribution in [0.3, 0.4) is 0 Å². The van der Waals surface area contributed by atoms with Crippen molar-refractivity contribution in [1.82, 2.24) is 0 Å². The number of hydrogen-bond acceptors (Lipinski definition) is 4. The van der Waals surface area contributed by atoms with Gasteiger partial charge in [0.25, 0.3) is 0 Å². The molecule has 0 unspecified atom stereocenters. The van der Waals surface area contributed by atoms with Crippen molar-refractivity contribution in [2.75, 3.05) is 25.1 Å². The highest BCUT2D eigenvalue weighted by molar-refractivity contribution is 9.10. The molecule has 0 heterocycles. The first-order chi connectivity index (χ1) is 8.02. The Morgan fingerprint density at radius 1 is 1.59 bits per heavy atom. The smallest absolute Gasteiger partial charge is 0.171 e. The average Bonchev–Trinajstić information content (AvgIpc) is 2.31. The van der Waals surface area contributed by atoms with Crippen LogP contribution in [-0.4, -0.2) is 36.3 Å². The van der Waals surface area contributed by atoms with Crippen molar-refractivity contribution in [2.45, 2.75) is 0 Å². The standard InChI is InChI=1S/C10H13BrFN3O2/c1-15(4-5-16)7-3-2-6(10(13)14-17)8(11)9(7)12/h2-3,16-17H,4-5H2,1H3,(H2,13,14). The summed E-state index contributed by atoms with van der Waals surface area (Å²) in [6.07, 6.45) is 0. The van der Waals surface area contributed by atoms with Crippen LogP contribution in [0.15, 0.2) is 21.8 Å². The van der Waals surface area contributed by atoms with Crippen LogP contribution in [0.5, 0.6) is 0 Å². The molecule has 0 fully saturated rings. The number of anilines is 1. The van der Waals surface area contributed by atoms with Crippen molar-refractivity contribution in [3.63, 3.8) is 0 Å². The molecule has 5 nitrogen and oxygen atoms in total. The van der Waals surface area contributed by atoms with E-state index in [1.54, 1.807) is 11.9 Å². The van der Waals surface area contributed by atoms with Gasteiger partial charge in [0, 0.05) is 19.2 Å². The molecule has 0 aliphatic rings. The molecule has 0 amide bonds. The Balaban J connectivity index is 3.19. The van der Waals surface area contributed by atoms with Crippen molar-refractivity contribution in [3.05, 3.63) is 28.0 Å². The average molecular weight is 306 g/mol. The van der Waals surface area contributed by atoms with Gasteiger partial charge in [-0.05, 0) is 28.1 Å². The van der Waals surface area contributed by atoms with Gasteiger partial charge in [-0.25, -0.2) is 4.39 Å². The summed E-state index contributed by atoms with van der Waals surface area (Å²) in [6, 6.07) is 3.04. The van der Waals surface area contributed by atoms with E-state index in [1.807, 2.05) is 0 Å². The molecule has 94 valence electrons. The van der Waals surface area contributed by atoms with Gasteiger partial charge >= 0.3 is 0 Å². The molecule has 0 atom stereocenters. The maximum Gasteiger partial charge on any atom is 0.171 e. The second-order valence-corrected chi connectivity index (χ2v) is 4.18. The molecule has 0 saturated carbocycles. The molecule has 1 rings (SSSR count). The van der Waals surface area contributed by atoms with E-state index in [0.717, 1.165) is 0 Å². The highest BCUT2D eigenvalue weighted by Gasteiger charge is 2.16. The molecule has 0 bridgehead atoms. The minimum Gasteiger partial charge on any atom is -0.409 e. The molecule has 0 spiro atoms. The van der Waals surface area contributed by atoms with Crippen molar-refractivity contribution in [1.29, 1.82) is 0 Å². The number of amidine groups is 1. The summed E-state index contributed by atoms with van der Waals surface area (Å²) >= 11 is 3.06. The van der Waals surface area contributed by atoms with Crippen LogP contribution < -0.4 is 10.6 Å². The summed E-state index contributed by atoms with van der Waals surface area (Å²) in [6.45, 7) is 0.238. The van der Waals surface area contributed by atoms with Gasteiger partial charge in [0.15, 0.2) is 11.7 Å². The van der Waals surface area contributed by atoms with Gasteiger partial charge in [-0.1, -0.05) is 5.16 Å². The van der Waals surface area contributed by atoms with E-state index in [0.29, 0.717) is 12.2 Å². The first kappa shape index (κ1) is 13.7. The van der Waals surface area contributed by atoms with E-state index in [2.05, 4.69) is 21.1 Å². The quantitative estimate of drug-likeness (QED) is 0.337. The number of rotatable bonds is 4. The second-order valence-electron chi connectivity index (χ2n) is 3.39. The third kappa shape index (κ3) is 2.86. The van der Waals surface area contributed by atoms with E-state index in [9.17, 15) is 4.39 Å². The van der Waals surface area contributed by atoms with Gasteiger partial charge < -0.3 is 20.9 Å². The Labute approximate surface area is 106 Å². The summed E-state index contributed by atoms with van der Waals surface area (Å²) in [5.41, 5.74) is 5.99. The number of nitrogens with two attached hydrogens (primary N) is 1. The van der Waals surface area contributed by atoms with Crippen molar-refractivity contribution in [2.24, 2.45) is 10.9 Å². The molecule has 0 radical (unpaired) electrons. The Morgan fingerprint density at radius 2 is 2.24 bits per heavy atom. The summed E-state index contributed by atoms with van der Waals surface area (Å²) in [4.78, 5) is 1.57. The molecular formula is C10H13BrFN3O2. The normalized spacial score (nSPS) is 11.6. The zero-order chi connectivity index (χ0) is 13.0. The fraction of sp³-hybridized carbons (Fsp3) is 0.300. The van der Waals surface area contributed by atoms with Crippen molar-refractivity contribution >= 4 is 27.5 Å². The van der Waals surface area contributed by atoms with E-state index < -0.39 is 5.82 Å². The number of halogens is 2. The van der Waals surface area contributed by atoms with Gasteiger partial charge in [0.2, 0.25) is 0 Å². The lowest BCUT2D eigenvalue weighted by atomic mass is 10.1. The molecule has 1 aromatic carbocycles. The van der Waals surface area contributed by atoms with Crippen molar-refractivity contribution < 1.29 is 14.7 Å². The summed E-state index contributed by atoms with van der Waals surface area (Å²) in [5.74, 6) is -0.697. The zero-order valence-corrected chi connectivity index (χ0v) is 10.8. The molecule has 0 aliphatic heterocycles. The lowest BCUT2D eigenvalue weighted by Gasteiger charge is -2.20. The number of nitrogens with zero attached hydrogens (tertiary/aromatic N) is 2. The van der Waals surface area contributed by atoms with Gasteiger partial charge in [-0.15, -0.1) is 0 Å². The largest absolute Gasteiger partial charge is 0.409 e. The lowest BCUT2D eigenvalue weighted by Crippen LogP contribution is -2.23. The summed E-state index contributed by atoms with van der Waals surface area (Å²) in [7, 11) is 1.66. The maximum absolute atomic E-state index is 14.0. The third-order valence-electron chi connectivity index (χ3n) is 2.29. The maximum atomic E-state index is 14.0. The second kappa shape index (κ2) is 5.83. The van der Waals surface area contributed by atoms with E-state index in [1.165, 1.54) is 12.1 Å². The number of likely N-dealkylation sites (N-methyl/N-ethyl adjacent to an activating group) is 1. The van der Waals surface area contributed by atoms with Gasteiger partial charge in [-0.3, -0.25) is 0 Å². The molecule has 1 aromatic rings. The highest BCUT2D eigenvalue weighted by atomic mass is 79.9. The first-order valence-corrected chi connectivity index (χ1v) is 5.60. The van der Waals surface area contributed by atoms with Crippen LogP contribution in [0.1, 0.15) is 5.56 Å². The third-order valence-corrected chi connectivity index (χ3v) is 3.07. The molecule has 17 heavy (non-hydrogen) atoms. The molecule has 0 saturated heterocycles. The molecule has 0 aliphatic carbocycles. The monoisotopic (exact) mass is 305 g/mol. The van der Waals surface area contributed by atoms with Crippen LogP contribution in [-0.2, 0) is 0 Å². The van der Waals surface area contributed by atoms with Crippen LogP contribution in [0.25, 0.3) is 0 Å². The predicted octanol–water partition coefficient (Wildman–Crippen LogP) is 1.11. The minimum atomic E-state index is -0.523. The van der Waals surface area contributed by atoms with E-state index >= 15 is 0 Å². The van der Waals surface area contributed by atoms with Crippen molar-refractivity contribution in [3.8, 4) is 0 Å². The number of aliphatic hydroxyl groups excluding tert-OH is 1. The Hall–Kier alpha value is -1.34. The first-order valence-electron chi connectivity index (χ1n) is 4.80. The van der Waals surface area contributed by atoms with E-state index in [-0.39, 0.29) is 22.5 Å². The number of benzene rings is 1. The topological polar surface area (TPSA) is 82.1 Å². The van der Waals surface area contributed by atoms with Gasteiger partial charge in [0.1, 0.15) is 0 Å². The minimum absolute atomic E-state index is 0.0739. The van der Waals surface area contributed by atoms with Gasteiger partial charge in [-0.2, -0.15) is 0 Å². The number of hydrogen-bond donors (Lipinski definition) is 3. The van der Waals surface area contributed by atoms with E-state index in [4.69, 9.17) is 16.0 Å². The van der Waals surface area contributed by atoms with Crippen LogP contribution >= 0.6 is 15.9 Å². The van der Waals surface area contributed by atoms with Gasteiger partial charge in [0.05, 0.1) is 16.8 Å². The molecule has 4 N–H and O–H groups in total. The SMILES string of the molecule is CN(CCO)c1ccc(/C(N)=N/O)c(Br)c1F. The highest BCUT2D eigenvalue weighted by Crippen LogP contribution is 2.28. The summed E-state index contributed by atoms with van der Waals surface area (Å²) < 4.78 is 14.1. The number of aliphatic hydroxyl groups is 1. The van der Waals surface area contributed by atoms with Crippen LogP contribution in [0.4, 0.5) is 10.1 Å². The van der Waals surface area contributed by atoms with Crippen LogP contribution in [0, 0.1) is 5.82 Å². The summed E-state index contributed by atoms with van der Waals surface area (Å²) in [5, 5.41) is 20.1. The fourth-order valence-electron chi connectivity index (χ4n) is 1.36. The zero-order valence-electron chi connectivity index (χ0n) is 9.19. The Bertz CT molecular complexity index is 440. The Morgan fingerprint density at radius 3 is 2.76 bits per heavy atom. The molecule has 0 aromatic heterocycles. The van der Waals surface area contributed by atoms with Crippen LogP contribution in [0.2, 0.25) is 0 Å². The molecular weight excluding hydrogens is 293 g/mol. The molecule has 7 heteroatoms. The fourth-order valence-corrected chi connectivity index (χ4v) is 1.89. The lowest BCUT2D eigenvalue weighted by molar-refractivity contribution is 0.303. The predicted molar refractivity (Wildman–Crippen MR) is 67.0 cm³/mol.